The molecule has 0 atom stereocenters. The second-order valence-corrected chi connectivity index (χ2v) is 16.0. The number of benzene rings is 10. The molecular weight excluding hydrogens is 709 g/mol. The third-order valence-electron chi connectivity index (χ3n) is 11.8. The average molecular weight is 743 g/mol. The Morgan fingerprint density at radius 1 is 0.281 bits per heavy atom. The fourth-order valence-electron chi connectivity index (χ4n) is 9.11. The van der Waals surface area contributed by atoms with Crippen LogP contribution in [-0.2, 0) is 0 Å². The second-order valence-electron chi connectivity index (χ2n) is 14.9. The molecule has 11 aromatic rings. The summed E-state index contributed by atoms with van der Waals surface area (Å²) in [4.78, 5) is 4.90. The number of hydrogen-bond acceptors (Lipinski definition) is 2. The molecule has 0 fully saturated rings. The van der Waals surface area contributed by atoms with Gasteiger partial charge in [-0.25, -0.2) is 0 Å². The van der Waals surface area contributed by atoms with Crippen LogP contribution in [0.15, 0.2) is 216 Å². The van der Waals surface area contributed by atoms with E-state index in [9.17, 15) is 0 Å². The topological polar surface area (TPSA) is 8.17 Å². The summed E-state index contributed by atoms with van der Waals surface area (Å²) in [5, 5.41) is 10.2. The fourth-order valence-corrected chi connectivity index (χ4v) is 10.2. The van der Waals surface area contributed by atoms with Crippen LogP contribution in [0.25, 0.3) is 82.1 Å². The first-order chi connectivity index (χ1) is 28.3. The van der Waals surface area contributed by atoms with Gasteiger partial charge in [0.1, 0.15) is 0 Å². The average Bonchev–Trinajstić information content (AvgIpc) is 3.62. The van der Waals surface area contributed by atoms with Crippen molar-refractivity contribution in [2.75, 3.05) is 4.90 Å². The van der Waals surface area contributed by atoms with Crippen LogP contribution in [0.5, 0.6) is 0 Å². The number of fused-ring (bicyclic) bond motifs is 11. The molecule has 0 saturated heterocycles. The van der Waals surface area contributed by atoms with Gasteiger partial charge in [0.25, 0.3) is 0 Å². The minimum Gasteiger partial charge on any atom is -0.309 e. The zero-order valence-corrected chi connectivity index (χ0v) is 31.7. The standard InChI is InChI=1S/C54H34N2S/c1-2-12-39(13-3-1)55-51-20-10-11-21-53(51)57-54-33-38(27-31-52(54)55)36-24-22-35(23-25-36)37-26-30-50-48(32-37)46-18-8-9-19-49(46)56(50)40-28-29-45-43-16-5-4-14-41(43)42-15-6-7-17-44(42)47(45)34-40/h1-34H. The van der Waals surface area contributed by atoms with Gasteiger partial charge in [-0.15, -0.1) is 0 Å². The molecule has 57 heavy (non-hydrogen) atoms. The van der Waals surface area contributed by atoms with E-state index in [0.29, 0.717) is 0 Å². The van der Waals surface area contributed by atoms with E-state index in [0.717, 1.165) is 0 Å². The van der Waals surface area contributed by atoms with Gasteiger partial charge in [-0.2, -0.15) is 0 Å². The van der Waals surface area contributed by atoms with Gasteiger partial charge >= 0.3 is 0 Å². The first kappa shape index (κ1) is 32.2. The highest BCUT2D eigenvalue weighted by Crippen LogP contribution is 2.52. The van der Waals surface area contributed by atoms with E-state index >= 15 is 0 Å². The van der Waals surface area contributed by atoms with E-state index in [1.807, 2.05) is 11.8 Å². The molecule has 0 amide bonds. The number of hydrogen-bond donors (Lipinski definition) is 0. The van der Waals surface area contributed by atoms with Crippen molar-refractivity contribution in [3.05, 3.63) is 206 Å². The molecule has 0 spiro atoms. The van der Waals surface area contributed by atoms with E-state index in [2.05, 4.69) is 216 Å². The third kappa shape index (κ3) is 5.06. The number of para-hydroxylation sites is 3. The van der Waals surface area contributed by atoms with Crippen molar-refractivity contribution < 1.29 is 0 Å². The van der Waals surface area contributed by atoms with Crippen LogP contribution in [0.2, 0.25) is 0 Å². The molecule has 266 valence electrons. The van der Waals surface area contributed by atoms with Gasteiger partial charge in [0, 0.05) is 31.9 Å². The van der Waals surface area contributed by atoms with Crippen LogP contribution in [-0.4, -0.2) is 4.57 Å². The lowest BCUT2D eigenvalue weighted by Gasteiger charge is -2.33. The molecule has 1 aliphatic heterocycles. The minimum atomic E-state index is 1.17. The Morgan fingerprint density at radius 2 is 0.807 bits per heavy atom. The van der Waals surface area contributed by atoms with Gasteiger partial charge in [0.05, 0.1) is 22.4 Å². The Morgan fingerprint density at radius 3 is 1.54 bits per heavy atom. The van der Waals surface area contributed by atoms with Gasteiger partial charge < -0.3 is 9.47 Å². The lowest BCUT2D eigenvalue weighted by molar-refractivity contribution is 1.17. The third-order valence-corrected chi connectivity index (χ3v) is 12.9. The van der Waals surface area contributed by atoms with Crippen molar-refractivity contribution in [1.29, 1.82) is 0 Å². The van der Waals surface area contributed by atoms with Gasteiger partial charge in [-0.05, 0) is 121 Å². The van der Waals surface area contributed by atoms with E-state index in [1.165, 1.54) is 109 Å². The Bertz CT molecular complexity index is 3340. The normalized spacial score (nSPS) is 12.5. The Balaban J connectivity index is 0.928. The maximum absolute atomic E-state index is 2.44. The molecule has 0 N–H and O–H groups in total. The van der Waals surface area contributed by atoms with Crippen LogP contribution in [0.3, 0.4) is 0 Å². The van der Waals surface area contributed by atoms with E-state index < -0.39 is 0 Å². The van der Waals surface area contributed by atoms with E-state index in [-0.39, 0.29) is 0 Å². The molecule has 1 aliphatic rings. The Kier molecular flexibility index (Phi) is 7.20. The van der Waals surface area contributed by atoms with Crippen LogP contribution < -0.4 is 4.90 Å². The molecule has 0 radical (unpaired) electrons. The molecule has 0 aliphatic carbocycles. The summed E-state index contributed by atoms with van der Waals surface area (Å²) in [6.45, 7) is 0. The number of nitrogens with zero attached hydrogens (tertiary/aromatic N) is 2. The predicted octanol–water partition coefficient (Wildman–Crippen LogP) is 15.5. The Hall–Kier alpha value is -7.07. The maximum atomic E-state index is 2.44. The summed E-state index contributed by atoms with van der Waals surface area (Å²) < 4.78 is 2.44. The van der Waals surface area contributed by atoms with Crippen molar-refractivity contribution in [3.63, 3.8) is 0 Å². The molecular formula is C54H34N2S. The Labute approximate surface area is 334 Å². The summed E-state index contributed by atoms with van der Waals surface area (Å²) in [6, 6.07) is 75.7. The van der Waals surface area contributed by atoms with E-state index in [4.69, 9.17) is 0 Å². The van der Waals surface area contributed by atoms with E-state index in [1.54, 1.807) is 0 Å². The largest absolute Gasteiger partial charge is 0.309 e. The van der Waals surface area contributed by atoms with Crippen LogP contribution in [0.4, 0.5) is 17.1 Å². The molecule has 1 aromatic heterocycles. The van der Waals surface area contributed by atoms with Crippen LogP contribution in [0.1, 0.15) is 0 Å². The molecule has 0 bridgehead atoms. The van der Waals surface area contributed by atoms with Crippen molar-refractivity contribution >= 4 is 82.9 Å². The SMILES string of the molecule is c1ccc(N2c3ccccc3Sc3cc(-c4ccc(-c5ccc6c(c5)c5ccccc5n6-c5ccc6c7ccccc7c7ccccc7c6c5)cc4)ccc32)cc1. The predicted molar refractivity (Wildman–Crippen MR) is 243 cm³/mol. The van der Waals surface area contributed by atoms with Gasteiger partial charge in [0.15, 0.2) is 0 Å². The lowest BCUT2D eigenvalue weighted by Crippen LogP contribution is -2.14. The number of anilines is 3. The quantitative estimate of drug-likeness (QED) is 0.166. The highest BCUT2D eigenvalue weighted by molar-refractivity contribution is 7.99. The highest BCUT2D eigenvalue weighted by Gasteiger charge is 2.25. The zero-order valence-electron chi connectivity index (χ0n) is 30.9. The summed E-state index contributed by atoms with van der Waals surface area (Å²) in [5.74, 6) is 0. The minimum absolute atomic E-state index is 1.17. The summed E-state index contributed by atoms with van der Waals surface area (Å²) in [5.41, 5.74) is 12.0. The second kappa shape index (κ2) is 12.7. The molecule has 0 saturated carbocycles. The first-order valence-electron chi connectivity index (χ1n) is 19.5. The molecule has 3 heteroatoms. The van der Waals surface area contributed by atoms with Crippen molar-refractivity contribution in [2.45, 2.75) is 9.79 Å². The fraction of sp³-hybridized carbons (Fsp3) is 0. The first-order valence-corrected chi connectivity index (χ1v) is 20.3. The number of aromatic nitrogens is 1. The van der Waals surface area contributed by atoms with Crippen LogP contribution in [0, 0.1) is 0 Å². The van der Waals surface area contributed by atoms with Crippen LogP contribution >= 0.6 is 11.8 Å². The van der Waals surface area contributed by atoms with Crippen molar-refractivity contribution in [3.8, 4) is 27.9 Å². The van der Waals surface area contributed by atoms with Gasteiger partial charge in [-0.1, -0.05) is 151 Å². The molecule has 10 aromatic carbocycles. The van der Waals surface area contributed by atoms with Gasteiger partial charge in [-0.3, -0.25) is 0 Å². The molecule has 2 heterocycles. The maximum Gasteiger partial charge on any atom is 0.0602 e. The van der Waals surface area contributed by atoms with Gasteiger partial charge in [0.2, 0.25) is 0 Å². The summed E-state index contributed by atoms with van der Waals surface area (Å²) in [6.07, 6.45) is 0. The molecule has 0 unspecified atom stereocenters. The van der Waals surface area contributed by atoms with Crippen molar-refractivity contribution in [2.24, 2.45) is 0 Å². The number of rotatable bonds is 4. The molecule has 2 nitrogen and oxygen atoms in total. The highest BCUT2D eigenvalue weighted by atomic mass is 32.2. The lowest BCUT2D eigenvalue weighted by atomic mass is 9.94. The summed E-state index contributed by atoms with van der Waals surface area (Å²) in [7, 11) is 0. The smallest absolute Gasteiger partial charge is 0.0602 e. The van der Waals surface area contributed by atoms with Crippen molar-refractivity contribution in [1.82, 2.24) is 4.57 Å². The summed E-state index contributed by atoms with van der Waals surface area (Å²) >= 11 is 1.85. The zero-order chi connectivity index (χ0) is 37.5. The molecule has 12 rings (SSSR count). The monoisotopic (exact) mass is 742 g/mol.